The van der Waals surface area contributed by atoms with Gasteiger partial charge in [-0.2, -0.15) is 0 Å². The smallest absolute Gasteiger partial charge is 0.462 e. The van der Waals surface area contributed by atoms with Gasteiger partial charge in [0.05, 0.1) is 27.7 Å². The number of ketones is 1. The molecule has 61 heavy (non-hydrogen) atoms. The maximum absolute atomic E-state index is 12.7. The fourth-order valence-corrected chi connectivity index (χ4v) is 6.15. The van der Waals surface area contributed by atoms with Crippen LogP contribution in [-0.4, -0.2) is 80.7 Å². The fourth-order valence-electron chi connectivity index (χ4n) is 5.41. The minimum Gasteiger partial charge on any atom is -0.462 e. The number of esters is 2. The first kappa shape index (κ1) is 57.6. The van der Waals surface area contributed by atoms with Crippen LogP contribution in [0.3, 0.4) is 0 Å². The Morgan fingerprint density at radius 1 is 0.557 bits per heavy atom. The second-order valence-electron chi connectivity index (χ2n) is 16.1. The third-order valence-corrected chi connectivity index (χ3v) is 10.0. The summed E-state index contributed by atoms with van der Waals surface area (Å²) in [7, 11) is 1.37. The summed E-state index contributed by atoms with van der Waals surface area (Å²) < 4.78 is 34.2. The van der Waals surface area contributed by atoms with E-state index in [0.717, 1.165) is 70.6 Å². The molecule has 0 aromatic heterocycles. The van der Waals surface area contributed by atoms with E-state index in [1.54, 1.807) is 12.2 Å². The Hall–Kier alpha value is -3.40. The van der Waals surface area contributed by atoms with Crippen molar-refractivity contribution in [3.8, 4) is 0 Å². The van der Waals surface area contributed by atoms with Crippen LogP contribution in [0, 0.1) is 0 Å². The Morgan fingerprint density at radius 2 is 1.05 bits per heavy atom. The molecule has 346 valence electrons. The van der Waals surface area contributed by atoms with Crippen molar-refractivity contribution in [2.45, 2.75) is 155 Å². The molecule has 10 nitrogen and oxygen atoms in total. The molecule has 0 aliphatic heterocycles. The maximum Gasteiger partial charge on any atom is 0.472 e. The van der Waals surface area contributed by atoms with Crippen LogP contribution in [0.25, 0.3) is 0 Å². The maximum atomic E-state index is 12.7. The van der Waals surface area contributed by atoms with Crippen molar-refractivity contribution in [3.63, 3.8) is 0 Å². The number of carbonyl (C=O) groups is 3. The number of hydrogen-bond acceptors (Lipinski definition) is 8. The SMILES string of the molecule is CCCCC/C=C\C/C=C\C/C=C\C/C=C\CCCCCC(=O)O[C@H](COC(=O)CCC/C=C\C/C=C\C/C=C\C=C\C(=O)CCCCC)COP(=O)(O)OCC[N+](C)(C)C. The first-order valence-electron chi connectivity index (χ1n) is 22.9. The van der Waals surface area contributed by atoms with Crippen molar-refractivity contribution in [1.82, 2.24) is 0 Å². The molecule has 0 bridgehead atoms. The molecule has 0 aromatic carbocycles. The Balaban J connectivity index is 4.56. The van der Waals surface area contributed by atoms with E-state index in [2.05, 4.69) is 74.6 Å². The Labute approximate surface area is 370 Å². The van der Waals surface area contributed by atoms with E-state index in [9.17, 15) is 23.8 Å². The highest BCUT2D eigenvalue weighted by molar-refractivity contribution is 7.47. The summed E-state index contributed by atoms with van der Waals surface area (Å²) in [6, 6.07) is 0. The normalized spacial score (nSPS) is 14.3. The Bertz CT molecular complexity index is 1420. The van der Waals surface area contributed by atoms with Gasteiger partial charge in [0.1, 0.15) is 19.8 Å². The number of phosphoric acid groups is 1. The Kier molecular flexibility index (Phi) is 38.4. The summed E-state index contributed by atoms with van der Waals surface area (Å²) in [5, 5.41) is 0. The van der Waals surface area contributed by atoms with Gasteiger partial charge in [0.2, 0.25) is 0 Å². The number of carbonyl (C=O) groups excluding carboxylic acids is 3. The molecule has 1 N–H and O–H groups in total. The topological polar surface area (TPSA) is 125 Å². The first-order valence-corrected chi connectivity index (χ1v) is 24.4. The number of hydrogen-bond donors (Lipinski definition) is 1. The van der Waals surface area contributed by atoms with E-state index < -0.39 is 32.5 Å². The quantitative estimate of drug-likeness (QED) is 0.0122. The zero-order chi connectivity index (χ0) is 45.1. The van der Waals surface area contributed by atoms with Gasteiger partial charge in [0.25, 0.3) is 0 Å². The molecular weight excluding hydrogens is 790 g/mol. The van der Waals surface area contributed by atoms with Crippen molar-refractivity contribution < 1.29 is 46.8 Å². The third-order valence-electron chi connectivity index (χ3n) is 9.06. The predicted octanol–water partition coefficient (Wildman–Crippen LogP) is 12.5. The van der Waals surface area contributed by atoms with Gasteiger partial charge in [-0.15, -0.1) is 0 Å². The molecule has 0 heterocycles. The number of rotatable bonds is 40. The summed E-state index contributed by atoms with van der Waals surface area (Å²) in [6.45, 7) is 4.08. The largest absolute Gasteiger partial charge is 0.472 e. The lowest BCUT2D eigenvalue weighted by Gasteiger charge is -2.24. The van der Waals surface area contributed by atoms with Crippen LogP contribution in [0.5, 0.6) is 0 Å². The molecule has 0 saturated heterocycles. The monoisotopic (exact) mass is 873 g/mol. The molecule has 2 atom stereocenters. The van der Waals surface area contributed by atoms with Crippen molar-refractivity contribution in [1.29, 1.82) is 0 Å². The molecule has 0 aliphatic rings. The van der Waals surface area contributed by atoms with Crippen LogP contribution in [0.1, 0.15) is 149 Å². The number of unbranched alkanes of at least 4 members (excludes halogenated alkanes) is 9. The molecular formula is C50H83NO9P+. The summed E-state index contributed by atoms with van der Waals surface area (Å²) >= 11 is 0. The zero-order valence-corrected chi connectivity index (χ0v) is 39.5. The number of likely N-dealkylation sites (N-methyl/N-ethyl adjacent to an activating group) is 1. The number of nitrogens with zero attached hydrogens (tertiary/aromatic N) is 1. The zero-order valence-electron chi connectivity index (χ0n) is 38.6. The minimum absolute atomic E-state index is 0.00108. The summed E-state index contributed by atoms with van der Waals surface area (Å²) in [5.74, 6) is -0.778. The second-order valence-corrected chi connectivity index (χ2v) is 17.6. The molecule has 0 fully saturated rings. The molecule has 0 saturated carbocycles. The lowest BCUT2D eigenvalue weighted by molar-refractivity contribution is -0.870. The first-order chi connectivity index (χ1) is 29.4. The minimum atomic E-state index is -4.42. The van der Waals surface area contributed by atoms with Crippen LogP contribution >= 0.6 is 7.82 Å². The highest BCUT2D eigenvalue weighted by Gasteiger charge is 2.27. The molecule has 0 radical (unpaired) electrons. The van der Waals surface area contributed by atoms with E-state index in [0.29, 0.717) is 36.7 Å². The van der Waals surface area contributed by atoms with E-state index in [4.69, 9.17) is 18.5 Å². The standard InChI is InChI=1S/C50H82NO9P/c1-6-8-10-11-12-13-14-15-16-17-18-19-20-21-24-28-31-34-38-42-50(54)60-48(46-59-61(55,56)58-44-43-51(3,4)5)45-57-49(53)41-37-33-30-27-25-22-23-26-29-32-36-40-47(52)39-35-9-7-2/h12-13,15-16,18-19,21-24,27,29-30,32,36,40,48H,6-11,14,17,20,25-26,28,31,33-35,37-39,41-46H2,1-5H3/p+1/b13-12-,16-15-,19-18-,23-22-,24-21-,30-27-,32-29-,40-36+/t48-/m1/s1. The predicted molar refractivity (Wildman–Crippen MR) is 252 cm³/mol. The number of quaternary nitrogens is 1. The lowest BCUT2D eigenvalue weighted by Crippen LogP contribution is -2.37. The van der Waals surface area contributed by atoms with Gasteiger partial charge in [-0.3, -0.25) is 23.4 Å². The number of ether oxygens (including phenoxy) is 2. The van der Waals surface area contributed by atoms with Gasteiger partial charge in [-0.05, 0) is 89.5 Å². The van der Waals surface area contributed by atoms with Crippen LogP contribution < -0.4 is 0 Å². The highest BCUT2D eigenvalue weighted by Crippen LogP contribution is 2.43. The van der Waals surface area contributed by atoms with Crippen LogP contribution in [-0.2, 0) is 37.5 Å². The molecule has 0 rings (SSSR count). The van der Waals surface area contributed by atoms with Crippen molar-refractivity contribution in [3.05, 3.63) is 97.2 Å². The fraction of sp³-hybridized carbons (Fsp3) is 0.620. The molecule has 0 spiro atoms. The highest BCUT2D eigenvalue weighted by atomic mass is 31.2. The van der Waals surface area contributed by atoms with Crippen LogP contribution in [0.4, 0.5) is 0 Å². The Morgan fingerprint density at radius 3 is 1.62 bits per heavy atom. The van der Waals surface area contributed by atoms with Gasteiger partial charge in [-0.1, -0.05) is 137 Å². The molecule has 0 aromatic rings. The van der Waals surface area contributed by atoms with Crippen molar-refractivity contribution >= 4 is 25.5 Å². The average Bonchev–Trinajstić information content (AvgIpc) is 3.21. The van der Waals surface area contributed by atoms with Gasteiger partial charge < -0.3 is 18.9 Å². The molecule has 11 heteroatoms. The number of allylic oxidation sites excluding steroid dienone is 16. The van der Waals surface area contributed by atoms with Gasteiger partial charge >= 0.3 is 19.8 Å². The van der Waals surface area contributed by atoms with Crippen molar-refractivity contribution in [2.24, 2.45) is 0 Å². The average molecular weight is 873 g/mol. The molecule has 0 amide bonds. The summed E-state index contributed by atoms with van der Waals surface area (Å²) in [4.78, 5) is 47.1. The number of phosphoric ester groups is 1. The van der Waals surface area contributed by atoms with Gasteiger partial charge in [0.15, 0.2) is 11.9 Å². The van der Waals surface area contributed by atoms with E-state index in [1.807, 2.05) is 45.4 Å². The van der Waals surface area contributed by atoms with Gasteiger partial charge in [-0.25, -0.2) is 4.57 Å². The molecule has 1 unspecified atom stereocenters. The van der Waals surface area contributed by atoms with Crippen molar-refractivity contribution in [2.75, 3.05) is 47.5 Å². The van der Waals surface area contributed by atoms with Crippen LogP contribution in [0.15, 0.2) is 97.2 Å². The van der Waals surface area contributed by atoms with E-state index >= 15 is 0 Å². The second kappa shape index (κ2) is 40.7. The van der Waals surface area contributed by atoms with Gasteiger partial charge in [0, 0.05) is 19.3 Å². The van der Waals surface area contributed by atoms with Crippen LogP contribution in [0.2, 0.25) is 0 Å². The summed E-state index contributed by atoms with van der Waals surface area (Å²) in [6.07, 6.45) is 50.2. The van der Waals surface area contributed by atoms with E-state index in [1.165, 1.54) is 25.7 Å². The lowest BCUT2D eigenvalue weighted by atomic mass is 10.1. The summed E-state index contributed by atoms with van der Waals surface area (Å²) in [5.41, 5.74) is 0. The van der Waals surface area contributed by atoms with E-state index in [-0.39, 0.29) is 31.8 Å². The molecule has 0 aliphatic carbocycles. The third kappa shape index (κ3) is 44.5.